The molecule has 0 aliphatic rings. The average Bonchev–Trinajstić information content (AvgIpc) is 2.73. The van der Waals surface area contributed by atoms with Gasteiger partial charge in [0.25, 0.3) is 0 Å². The molecular formula is C13H13N3O2. The van der Waals surface area contributed by atoms with Gasteiger partial charge in [-0.3, -0.25) is 0 Å². The number of carboxylic acids is 1. The second-order valence-corrected chi connectivity index (χ2v) is 3.98. The van der Waals surface area contributed by atoms with Crippen molar-refractivity contribution in [2.75, 3.05) is 0 Å². The van der Waals surface area contributed by atoms with Gasteiger partial charge in [-0.2, -0.15) is 5.10 Å². The Hall–Kier alpha value is -2.43. The Kier molecular flexibility index (Phi) is 3.23. The first kappa shape index (κ1) is 12.0. The fourth-order valence-corrected chi connectivity index (χ4v) is 1.62. The van der Waals surface area contributed by atoms with Crippen LogP contribution >= 0.6 is 0 Å². The van der Waals surface area contributed by atoms with Crippen molar-refractivity contribution in [3.8, 4) is 5.82 Å². The topological polar surface area (TPSA) is 68.0 Å². The molecule has 0 unspecified atom stereocenters. The first-order valence-electron chi connectivity index (χ1n) is 5.46. The van der Waals surface area contributed by atoms with Gasteiger partial charge in [-0.05, 0) is 43.2 Å². The molecule has 2 aromatic heterocycles. The fourth-order valence-electron chi connectivity index (χ4n) is 1.62. The van der Waals surface area contributed by atoms with Gasteiger partial charge >= 0.3 is 5.97 Å². The van der Waals surface area contributed by atoms with Gasteiger partial charge in [0.05, 0.1) is 5.69 Å². The van der Waals surface area contributed by atoms with Crippen molar-refractivity contribution < 1.29 is 9.90 Å². The summed E-state index contributed by atoms with van der Waals surface area (Å²) in [5, 5.41) is 12.8. The third-order valence-corrected chi connectivity index (χ3v) is 2.43. The Labute approximate surface area is 104 Å². The fraction of sp³-hybridized carbons (Fsp3) is 0.154. The lowest BCUT2D eigenvalue weighted by molar-refractivity contribution is -0.131. The zero-order valence-corrected chi connectivity index (χ0v) is 10.2. The maximum atomic E-state index is 10.4. The van der Waals surface area contributed by atoms with Crippen LogP contribution in [0.4, 0.5) is 0 Å². The first-order valence-corrected chi connectivity index (χ1v) is 5.46. The number of hydrogen-bond donors (Lipinski definition) is 1. The molecule has 0 saturated heterocycles. The molecule has 5 heteroatoms. The van der Waals surface area contributed by atoms with E-state index in [0.717, 1.165) is 28.7 Å². The molecule has 0 saturated carbocycles. The highest BCUT2D eigenvalue weighted by atomic mass is 16.4. The second-order valence-electron chi connectivity index (χ2n) is 3.98. The van der Waals surface area contributed by atoms with E-state index in [2.05, 4.69) is 10.1 Å². The zero-order chi connectivity index (χ0) is 13.1. The molecule has 0 fully saturated rings. The summed E-state index contributed by atoms with van der Waals surface area (Å²) in [6, 6.07) is 3.78. The van der Waals surface area contributed by atoms with Crippen molar-refractivity contribution in [2.45, 2.75) is 13.8 Å². The Morgan fingerprint density at radius 3 is 2.78 bits per heavy atom. The Bertz CT molecular complexity index is 614. The highest BCUT2D eigenvalue weighted by Gasteiger charge is 2.04. The molecule has 0 bridgehead atoms. The second kappa shape index (κ2) is 4.83. The minimum absolute atomic E-state index is 0.746. The highest BCUT2D eigenvalue weighted by Crippen LogP contribution is 2.13. The molecule has 92 valence electrons. The normalized spacial score (nSPS) is 11.0. The number of aryl methyl sites for hydroxylation is 2. The van der Waals surface area contributed by atoms with E-state index in [1.54, 1.807) is 10.9 Å². The third kappa shape index (κ3) is 2.63. The van der Waals surface area contributed by atoms with E-state index in [4.69, 9.17) is 5.11 Å². The van der Waals surface area contributed by atoms with E-state index in [9.17, 15) is 4.79 Å². The van der Waals surface area contributed by atoms with Gasteiger partial charge in [0.15, 0.2) is 5.82 Å². The van der Waals surface area contributed by atoms with E-state index in [1.165, 1.54) is 6.08 Å². The van der Waals surface area contributed by atoms with Crippen molar-refractivity contribution in [1.29, 1.82) is 0 Å². The Morgan fingerprint density at radius 2 is 2.22 bits per heavy atom. The molecule has 18 heavy (non-hydrogen) atoms. The Balaban J connectivity index is 2.33. The summed E-state index contributed by atoms with van der Waals surface area (Å²) in [6.07, 6.45) is 6.07. The van der Waals surface area contributed by atoms with Crippen LogP contribution in [0.1, 0.15) is 16.8 Å². The largest absolute Gasteiger partial charge is 0.478 e. The van der Waals surface area contributed by atoms with Crippen molar-refractivity contribution in [1.82, 2.24) is 14.8 Å². The number of hydrogen-bond acceptors (Lipinski definition) is 3. The highest BCUT2D eigenvalue weighted by molar-refractivity contribution is 5.85. The number of aromatic nitrogens is 3. The molecule has 0 aliphatic heterocycles. The van der Waals surface area contributed by atoms with E-state index in [0.29, 0.717) is 0 Å². The average molecular weight is 243 g/mol. The van der Waals surface area contributed by atoms with Crippen LogP contribution < -0.4 is 0 Å². The van der Waals surface area contributed by atoms with Crippen molar-refractivity contribution in [3.05, 3.63) is 47.4 Å². The molecule has 5 nitrogen and oxygen atoms in total. The number of carbonyl (C=O) groups is 1. The van der Waals surface area contributed by atoms with Crippen LogP contribution in [0.15, 0.2) is 30.6 Å². The molecule has 0 amide bonds. The smallest absolute Gasteiger partial charge is 0.328 e. The molecule has 0 radical (unpaired) electrons. The molecule has 0 spiro atoms. The van der Waals surface area contributed by atoms with Gasteiger partial charge in [0.1, 0.15) is 0 Å². The molecule has 2 aromatic rings. The lowest BCUT2D eigenvalue weighted by Gasteiger charge is -2.05. The number of rotatable bonds is 3. The summed E-state index contributed by atoms with van der Waals surface area (Å²) >= 11 is 0. The minimum Gasteiger partial charge on any atom is -0.478 e. The number of aliphatic carboxylic acids is 1. The minimum atomic E-state index is -0.973. The summed E-state index contributed by atoms with van der Waals surface area (Å²) in [4.78, 5) is 14.7. The summed E-state index contributed by atoms with van der Waals surface area (Å²) in [5.74, 6) is -0.227. The van der Waals surface area contributed by atoms with Crippen molar-refractivity contribution in [3.63, 3.8) is 0 Å². The van der Waals surface area contributed by atoms with Crippen molar-refractivity contribution >= 4 is 12.0 Å². The quantitative estimate of drug-likeness (QED) is 0.837. The van der Waals surface area contributed by atoms with Crippen LogP contribution in [0.3, 0.4) is 0 Å². The maximum Gasteiger partial charge on any atom is 0.328 e. The first-order chi connectivity index (χ1) is 8.56. The van der Waals surface area contributed by atoms with E-state index in [1.807, 2.05) is 32.2 Å². The maximum absolute atomic E-state index is 10.4. The molecule has 0 aromatic carbocycles. The van der Waals surface area contributed by atoms with Gasteiger partial charge in [-0.25, -0.2) is 14.5 Å². The van der Waals surface area contributed by atoms with Crippen LogP contribution in [0, 0.1) is 13.8 Å². The predicted molar refractivity (Wildman–Crippen MR) is 67.5 cm³/mol. The van der Waals surface area contributed by atoms with Gasteiger partial charge < -0.3 is 5.11 Å². The third-order valence-electron chi connectivity index (χ3n) is 2.43. The lowest BCUT2D eigenvalue weighted by atomic mass is 10.2. The molecule has 1 N–H and O–H groups in total. The molecule has 2 heterocycles. The summed E-state index contributed by atoms with van der Waals surface area (Å²) in [6.45, 7) is 3.83. The standard InChI is InChI=1S/C13H13N3O2/c1-9-7-11(3-4-12(17)18)8-14-13(9)16-6-5-10(2)15-16/h3-8H,1-2H3,(H,17,18)/b4-3+. The predicted octanol–water partition coefficient (Wildman–Crippen LogP) is 1.98. The van der Waals surface area contributed by atoms with Crippen LogP contribution in [0.5, 0.6) is 0 Å². The lowest BCUT2D eigenvalue weighted by Crippen LogP contribution is -2.01. The monoisotopic (exact) mass is 243 g/mol. The van der Waals surface area contributed by atoms with Crippen LogP contribution in [0.2, 0.25) is 0 Å². The van der Waals surface area contributed by atoms with E-state index in [-0.39, 0.29) is 0 Å². The van der Waals surface area contributed by atoms with E-state index >= 15 is 0 Å². The number of carboxylic acid groups (broad SMARTS) is 1. The van der Waals surface area contributed by atoms with Gasteiger partial charge in [-0.1, -0.05) is 0 Å². The van der Waals surface area contributed by atoms with Crippen molar-refractivity contribution in [2.24, 2.45) is 0 Å². The van der Waals surface area contributed by atoms with Gasteiger partial charge in [0, 0.05) is 18.5 Å². The van der Waals surface area contributed by atoms with Crippen LogP contribution in [-0.4, -0.2) is 25.8 Å². The van der Waals surface area contributed by atoms with E-state index < -0.39 is 5.97 Å². The summed E-state index contributed by atoms with van der Waals surface area (Å²) in [7, 11) is 0. The number of pyridine rings is 1. The Morgan fingerprint density at radius 1 is 1.44 bits per heavy atom. The number of nitrogens with zero attached hydrogens (tertiary/aromatic N) is 3. The van der Waals surface area contributed by atoms with Crippen LogP contribution in [-0.2, 0) is 4.79 Å². The SMILES string of the molecule is Cc1ccn(-c2ncc(/C=C/C(=O)O)cc2C)n1. The van der Waals surface area contributed by atoms with Crippen LogP contribution in [0.25, 0.3) is 11.9 Å². The summed E-state index contributed by atoms with van der Waals surface area (Å²) in [5.41, 5.74) is 2.61. The zero-order valence-electron chi connectivity index (χ0n) is 10.2. The summed E-state index contributed by atoms with van der Waals surface area (Å²) < 4.78 is 1.70. The molecule has 0 atom stereocenters. The molecular weight excluding hydrogens is 230 g/mol. The van der Waals surface area contributed by atoms with Gasteiger partial charge in [0.2, 0.25) is 0 Å². The molecule has 0 aliphatic carbocycles. The van der Waals surface area contributed by atoms with Gasteiger partial charge in [-0.15, -0.1) is 0 Å². The molecule has 2 rings (SSSR count).